The van der Waals surface area contributed by atoms with Gasteiger partial charge in [-0.2, -0.15) is 0 Å². The first-order valence-corrected chi connectivity index (χ1v) is 3.11. The lowest BCUT2D eigenvalue weighted by atomic mass is 9.79. The van der Waals surface area contributed by atoms with Crippen LogP contribution in [0, 0.1) is 0 Å². The molecule has 1 heterocycles. The summed E-state index contributed by atoms with van der Waals surface area (Å²) >= 11 is 0. The molecule has 1 saturated heterocycles. The van der Waals surface area contributed by atoms with Crippen molar-refractivity contribution in [2.45, 2.75) is 5.94 Å². The van der Waals surface area contributed by atoms with Gasteiger partial charge in [-0.05, 0) is 0 Å². The zero-order valence-corrected chi connectivity index (χ0v) is 5.17. The molecule has 1 fully saturated rings. The standard InChI is InChI=1S/C4H11BN2O2/c8-5(9)4-3-6-1-2-7-4/h4,6-9H,1-3H2. The van der Waals surface area contributed by atoms with Crippen molar-refractivity contribution in [2.24, 2.45) is 0 Å². The number of hydrogen-bond acceptors (Lipinski definition) is 4. The van der Waals surface area contributed by atoms with Crippen LogP contribution in [0.4, 0.5) is 0 Å². The molecule has 1 aliphatic heterocycles. The lowest BCUT2D eigenvalue weighted by Gasteiger charge is -2.23. The Labute approximate surface area is 54.4 Å². The fraction of sp³-hybridized carbons (Fsp3) is 1.00. The van der Waals surface area contributed by atoms with E-state index in [1.807, 2.05) is 0 Å². The molecule has 1 atom stereocenters. The van der Waals surface area contributed by atoms with Gasteiger partial charge in [-0.1, -0.05) is 0 Å². The summed E-state index contributed by atoms with van der Waals surface area (Å²) in [7, 11) is -1.24. The molecule has 9 heavy (non-hydrogen) atoms. The summed E-state index contributed by atoms with van der Waals surface area (Å²) in [6.45, 7) is 2.35. The summed E-state index contributed by atoms with van der Waals surface area (Å²) in [5.74, 6) is -0.196. The van der Waals surface area contributed by atoms with Gasteiger partial charge in [0.15, 0.2) is 0 Å². The third-order valence-electron chi connectivity index (χ3n) is 1.43. The van der Waals surface area contributed by atoms with Gasteiger partial charge in [-0.15, -0.1) is 0 Å². The first kappa shape index (κ1) is 7.02. The summed E-state index contributed by atoms with van der Waals surface area (Å²) in [5, 5.41) is 23.3. The van der Waals surface area contributed by atoms with Crippen molar-refractivity contribution >= 4 is 7.12 Å². The maximum atomic E-state index is 8.63. The fourth-order valence-corrected chi connectivity index (χ4v) is 0.887. The summed E-state index contributed by atoms with van der Waals surface area (Å²) in [6.07, 6.45) is 0. The minimum Gasteiger partial charge on any atom is -0.426 e. The van der Waals surface area contributed by atoms with Gasteiger partial charge in [-0.25, -0.2) is 0 Å². The largest absolute Gasteiger partial charge is 0.470 e. The summed E-state index contributed by atoms with van der Waals surface area (Å²) in [6, 6.07) is 0. The molecule has 1 unspecified atom stereocenters. The summed E-state index contributed by atoms with van der Waals surface area (Å²) in [4.78, 5) is 0. The summed E-state index contributed by atoms with van der Waals surface area (Å²) < 4.78 is 0. The lowest BCUT2D eigenvalue weighted by Crippen LogP contribution is -2.56. The van der Waals surface area contributed by atoms with Gasteiger partial charge >= 0.3 is 7.12 Å². The van der Waals surface area contributed by atoms with Crippen LogP contribution in [0.3, 0.4) is 0 Å². The van der Waals surface area contributed by atoms with E-state index < -0.39 is 7.12 Å². The molecule has 0 aromatic rings. The normalized spacial score (nSPS) is 28.0. The van der Waals surface area contributed by atoms with E-state index in [-0.39, 0.29) is 5.94 Å². The first-order valence-electron chi connectivity index (χ1n) is 3.11. The Morgan fingerprint density at radius 2 is 2.11 bits per heavy atom. The highest BCUT2D eigenvalue weighted by Crippen LogP contribution is 1.86. The zero-order chi connectivity index (χ0) is 6.69. The van der Waals surface area contributed by atoms with Crippen molar-refractivity contribution in [3.05, 3.63) is 0 Å². The van der Waals surface area contributed by atoms with Crippen LogP contribution < -0.4 is 10.6 Å². The van der Waals surface area contributed by atoms with E-state index in [1.54, 1.807) is 0 Å². The molecule has 4 nitrogen and oxygen atoms in total. The van der Waals surface area contributed by atoms with E-state index in [4.69, 9.17) is 10.0 Å². The molecular formula is C4H11BN2O2. The van der Waals surface area contributed by atoms with Crippen LogP contribution in [-0.4, -0.2) is 42.7 Å². The quantitative estimate of drug-likeness (QED) is 0.298. The molecule has 0 bridgehead atoms. The number of hydrogen-bond donors (Lipinski definition) is 4. The van der Waals surface area contributed by atoms with Gasteiger partial charge in [-0.3, -0.25) is 0 Å². The Balaban J connectivity index is 2.23. The van der Waals surface area contributed by atoms with Crippen LogP contribution in [0.2, 0.25) is 0 Å². The summed E-state index contributed by atoms with van der Waals surface area (Å²) in [5.41, 5.74) is 0. The molecule has 1 rings (SSSR count). The van der Waals surface area contributed by atoms with Gasteiger partial charge in [0.2, 0.25) is 0 Å². The highest BCUT2D eigenvalue weighted by atomic mass is 16.4. The van der Waals surface area contributed by atoms with E-state index in [9.17, 15) is 0 Å². The van der Waals surface area contributed by atoms with Crippen LogP contribution in [0.15, 0.2) is 0 Å². The molecule has 0 spiro atoms. The van der Waals surface area contributed by atoms with Gasteiger partial charge in [0.1, 0.15) is 0 Å². The average molecular weight is 130 g/mol. The maximum absolute atomic E-state index is 8.63. The van der Waals surface area contributed by atoms with Gasteiger partial charge < -0.3 is 20.7 Å². The number of nitrogens with one attached hydrogen (secondary N) is 2. The minimum absolute atomic E-state index is 0.196. The molecule has 0 radical (unpaired) electrons. The fourth-order valence-electron chi connectivity index (χ4n) is 0.887. The third-order valence-corrected chi connectivity index (χ3v) is 1.43. The van der Waals surface area contributed by atoms with Crippen molar-refractivity contribution in [1.82, 2.24) is 10.6 Å². The molecular weight excluding hydrogens is 119 g/mol. The predicted octanol–water partition coefficient (Wildman–Crippen LogP) is -2.44. The Morgan fingerprint density at radius 3 is 2.44 bits per heavy atom. The second kappa shape index (κ2) is 3.17. The van der Waals surface area contributed by atoms with Crippen LogP contribution in [-0.2, 0) is 0 Å². The van der Waals surface area contributed by atoms with E-state index in [0.717, 1.165) is 13.1 Å². The Bertz CT molecular complexity index is 84.6. The Morgan fingerprint density at radius 1 is 1.33 bits per heavy atom. The Kier molecular flexibility index (Phi) is 2.47. The average Bonchev–Trinajstić information content (AvgIpc) is 1.90. The van der Waals surface area contributed by atoms with Crippen LogP contribution in [0.1, 0.15) is 0 Å². The highest BCUT2D eigenvalue weighted by Gasteiger charge is 2.23. The first-order chi connectivity index (χ1) is 4.30. The SMILES string of the molecule is OB(O)C1CNCCN1. The van der Waals surface area contributed by atoms with Gasteiger partial charge in [0, 0.05) is 19.6 Å². The van der Waals surface area contributed by atoms with E-state index in [0.29, 0.717) is 6.54 Å². The molecule has 0 aromatic carbocycles. The smallest absolute Gasteiger partial charge is 0.426 e. The second-order valence-corrected chi connectivity index (χ2v) is 2.18. The molecule has 5 heteroatoms. The van der Waals surface area contributed by atoms with Crippen LogP contribution in [0.25, 0.3) is 0 Å². The van der Waals surface area contributed by atoms with Crippen molar-refractivity contribution in [2.75, 3.05) is 19.6 Å². The van der Waals surface area contributed by atoms with Gasteiger partial charge in [0.05, 0.1) is 5.94 Å². The van der Waals surface area contributed by atoms with Crippen LogP contribution >= 0.6 is 0 Å². The predicted molar refractivity (Wildman–Crippen MR) is 34.9 cm³/mol. The minimum atomic E-state index is -1.24. The van der Waals surface area contributed by atoms with Crippen molar-refractivity contribution in [1.29, 1.82) is 0 Å². The zero-order valence-electron chi connectivity index (χ0n) is 5.17. The third kappa shape index (κ3) is 1.94. The molecule has 4 N–H and O–H groups in total. The van der Waals surface area contributed by atoms with E-state index >= 15 is 0 Å². The monoisotopic (exact) mass is 130 g/mol. The lowest BCUT2D eigenvalue weighted by molar-refractivity contribution is 0.349. The van der Waals surface area contributed by atoms with Crippen molar-refractivity contribution < 1.29 is 10.0 Å². The number of rotatable bonds is 1. The van der Waals surface area contributed by atoms with Crippen LogP contribution in [0.5, 0.6) is 0 Å². The van der Waals surface area contributed by atoms with E-state index in [2.05, 4.69) is 10.6 Å². The highest BCUT2D eigenvalue weighted by molar-refractivity contribution is 6.43. The van der Waals surface area contributed by atoms with Gasteiger partial charge in [0.25, 0.3) is 0 Å². The topological polar surface area (TPSA) is 64.5 Å². The Hall–Kier alpha value is -0.0951. The van der Waals surface area contributed by atoms with E-state index in [1.165, 1.54) is 0 Å². The van der Waals surface area contributed by atoms with Crippen molar-refractivity contribution in [3.8, 4) is 0 Å². The van der Waals surface area contributed by atoms with Crippen molar-refractivity contribution in [3.63, 3.8) is 0 Å². The number of piperazine rings is 1. The maximum Gasteiger partial charge on any atom is 0.470 e. The molecule has 52 valence electrons. The molecule has 0 saturated carbocycles. The molecule has 0 aromatic heterocycles. The molecule has 0 aliphatic carbocycles. The molecule has 0 amide bonds. The molecule has 1 aliphatic rings. The second-order valence-electron chi connectivity index (χ2n) is 2.18.